The molecule has 1 N–H and O–H groups in total. The Hall–Kier alpha value is -2.07. The van der Waals surface area contributed by atoms with Gasteiger partial charge in [0.2, 0.25) is 0 Å². The van der Waals surface area contributed by atoms with E-state index in [2.05, 4.69) is 41.3 Å². The summed E-state index contributed by atoms with van der Waals surface area (Å²) in [5, 5.41) is 11.9. The third kappa shape index (κ3) is 5.09. The zero-order valence-corrected chi connectivity index (χ0v) is 21.1. The first-order valence-electron chi connectivity index (χ1n) is 14.2. The molecule has 0 aromatic heterocycles. The van der Waals surface area contributed by atoms with Gasteiger partial charge in [0.1, 0.15) is 5.75 Å². The van der Waals surface area contributed by atoms with Crippen LogP contribution in [0.2, 0.25) is 0 Å². The second-order valence-electron chi connectivity index (χ2n) is 12.3. The SMILES string of the molecule is O=C(O)[C@@H]1CCC[C@H](C2CN(Cc3ccc4cc(OC5CCC6(CCCC6)CC5)ccc4c3)C2)C1. The van der Waals surface area contributed by atoms with Crippen molar-refractivity contribution >= 4 is 16.7 Å². The lowest BCUT2D eigenvalue weighted by atomic mass is 9.72. The molecule has 2 atom stereocenters. The average molecular weight is 476 g/mol. The molecule has 2 aromatic carbocycles. The van der Waals surface area contributed by atoms with Gasteiger partial charge in [0.25, 0.3) is 0 Å². The van der Waals surface area contributed by atoms with E-state index in [4.69, 9.17) is 4.74 Å². The van der Waals surface area contributed by atoms with Crippen molar-refractivity contribution < 1.29 is 14.6 Å². The Morgan fingerprint density at radius 2 is 1.63 bits per heavy atom. The molecule has 4 aliphatic rings. The minimum atomic E-state index is -0.591. The Labute approximate surface area is 210 Å². The number of aliphatic carboxylic acids is 1. The number of benzene rings is 2. The molecular weight excluding hydrogens is 434 g/mol. The molecule has 4 heteroatoms. The van der Waals surface area contributed by atoms with E-state index in [-0.39, 0.29) is 5.92 Å². The van der Waals surface area contributed by atoms with Gasteiger partial charge in [-0.3, -0.25) is 9.69 Å². The van der Waals surface area contributed by atoms with Crippen molar-refractivity contribution in [1.29, 1.82) is 0 Å². The molecule has 1 spiro atoms. The second-order valence-corrected chi connectivity index (χ2v) is 12.3. The predicted octanol–water partition coefficient (Wildman–Crippen LogP) is 7.04. The molecule has 1 saturated heterocycles. The lowest BCUT2D eigenvalue weighted by Crippen LogP contribution is -2.50. The van der Waals surface area contributed by atoms with E-state index in [1.54, 1.807) is 0 Å². The first-order valence-corrected chi connectivity index (χ1v) is 14.2. The van der Waals surface area contributed by atoms with Crippen molar-refractivity contribution in [1.82, 2.24) is 4.90 Å². The van der Waals surface area contributed by atoms with Gasteiger partial charge in [-0.2, -0.15) is 0 Å². The van der Waals surface area contributed by atoms with E-state index in [1.165, 1.54) is 74.1 Å². The van der Waals surface area contributed by atoms with Crippen LogP contribution in [0.25, 0.3) is 10.8 Å². The highest BCUT2D eigenvalue weighted by Crippen LogP contribution is 2.49. The fourth-order valence-corrected chi connectivity index (χ4v) is 7.76. The van der Waals surface area contributed by atoms with Gasteiger partial charge in [-0.25, -0.2) is 0 Å². The molecule has 1 heterocycles. The van der Waals surface area contributed by atoms with Crippen LogP contribution in [0.1, 0.15) is 82.6 Å². The Balaban J connectivity index is 1.01. The Bertz CT molecular complexity index is 1040. The molecule has 1 aliphatic heterocycles. The third-order valence-electron chi connectivity index (χ3n) is 9.96. The minimum absolute atomic E-state index is 0.112. The van der Waals surface area contributed by atoms with Crippen LogP contribution < -0.4 is 4.74 Å². The number of ether oxygens (including phenoxy) is 1. The molecule has 0 unspecified atom stereocenters. The number of carboxylic acids is 1. The zero-order chi connectivity index (χ0) is 23.8. The standard InChI is InChI=1S/C31H41NO3/c33-30(34)26-5-3-4-23(17-26)27-20-32(21-27)19-22-6-7-25-18-29(9-8-24(25)16-22)35-28-10-14-31(15-11-28)12-1-2-13-31/h6-9,16,18,23,26-28H,1-5,10-15,17,19-21H2,(H,33,34)/t23-,26+/m0/s1. The lowest BCUT2D eigenvalue weighted by Gasteiger charge is -2.45. The van der Waals surface area contributed by atoms with Crippen molar-refractivity contribution in [2.75, 3.05) is 13.1 Å². The van der Waals surface area contributed by atoms with Crippen LogP contribution >= 0.6 is 0 Å². The van der Waals surface area contributed by atoms with E-state index in [1.807, 2.05) is 0 Å². The Morgan fingerprint density at radius 3 is 2.40 bits per heavy atom. The summed E-state index contributed by atoms with van der Waals surface area (Å²) in [5.74, 6) is 1.60. The molecule has 0 amide bonds. The molecule has 6 rings (SSSR count). The molecule has 3 aliphatic carbocycles. The second kappa shape index (κ2) is 9.76. The molecule has 2 aromatic rings. The average Bonchev–Trinajstić information content (AvgIpc) is 3.31. The first-order chi connectivity index (χ1) is 17.1. The number of carbonyl (C=O) groups is 1. The van der Waals surface area contributed by atoms with E-state index >= 15 is 0 Å². The summed E-state index contributed by atoms with van der Waals surface area (Å²) in [5.41, 5.74) is 2.03. The van der Waals surface area contributed by atoms with Crippen LogP contribution in [0.5, 0.6) is 5.75 Å². The lowest BCUT2D eigenvalue weighted by molar-refractivity contribution is -0.144. The van der Waals surface area contributed by atoms with E-state index in [9.17, 15) is 9.90 Å². The van der Waals surface area contributed by atoms with Gasteiger partial charge in [-0.1, -0.05) is 43.9 Å². The molecule has 0 radical (unpaired) electrons. The maximum absolute atomic E-state index is 11.4. The van der Waals surface area contributed by atoms with Gasteiger partial charge in [0.15, 0.2) is 0 Å². The molecule has 35 heavy (non-hydrogen) atoms. The summed E-state index contributed by atoms with van der Waals surface area (Å²) < 4.78 is 6.43. The summed E-state index contributed by atoms with van der Waals surface area (Å²) in [4.78, 5) is 13.9. The van der Waals surface area contributed by atoms with Crippen molar-refractivity contribution in [3.63, 3.8) is 0 Å². The smallest absolute Gasteiger partial charge is 0.306 e. The van der Waals surface area contributed by atoms with Crippen LogP contribution in [0.3, 0.4) is 0 Å². The highest BCUT2D eigenvalue weighted by atomic mass is 16.5. The molecule has 4 fully saturated rings. The number of nitrogens with zero attached hydrogens (tertiary/aromatic N) is 1. The monoisotopic (exact) mass is 475 g/mol. The number of carboxylic acid groups (broad SMARTS) is 1. The molecule has 188 valence electrons. The predicted molar refractivity (Wildman–Crippen MR) is 140 cm³/mol. The number of hydrogen-bond acceptors (Lipinski definition) is 3. The highest BCUT2D eigenvalue weighted by molar-refractivity contribution is 5.84. The molecule has 4 nitrogen and oxygen atoms in total. The molecule has 0 bridgehead atoms. The van der Waals surface area contributed by atoms with E-state index < -0.39 is 5.97 Å². The quantitative estimate of drug-likeness (QED) is 0.487. The number of likely N-dealkylation sites (tertiary alicyclic amines) is 1. The fourth-order valence-electron chi connectivity index (χ4n) is 7.76. The van der Waals surface area contributed by atoms with Crippen LogP contribution in [-0.2, 0) is 11.3 Å². The van der Waals surface area contributed by atoms with E-state index in [0.29, 0.717) is 23.4 Å². The van der Waals surface area contributed by atoms with Crippen LogP contribution in [0.4, 0.5) is 0 Å². The summed E-state index contributed by atoms with van der Waals surface area (Å²) in [6.07, 6.45) is 15.3. The van der Waals surface area contributed by atoms with Crippen molar-refractivity contribution in [3.8, 4) is 5.75 Å². The zero-order valence-electron chi connectivity index (χ0n) is 21.1. The van der Waals surface area contributed by atoms with Crippen molar-refractivity contribution in [2.24, 2.45) is 23.2 Å². The summed E-state index contributed by atoms with van der Waals surface area (Å²) in [7, 11) is 0. The third-order valence-corrected chi connectivity index (χ3v) is 9.96. The van der Waals surface area contributed by atoms with Gasteiger partial charge < -0.3 is 9.84 Å². The maximum Gasteiger partial charge on any atom is 0.306 e. The largest absolute Gasteiger partial charge is 0.490 e. The number of fused-ring (bicyclic) bond motifs is 1. The summed E-state index contributed by atoms with van der Waals surface area (Å²) in [6, 6.07) is 13.5. The molecular formula is C31H41NO3. The van der Waals surface area contributed by atoms with Gasteiger partial charge >= 0.3 is 5.97 Å². The highest BCUT2D eigenvalue weighted by Gasteiger charge is 2.39. The van der Waals surface area contributed by atoms with Crippen molar-refractivity contribution in [3.05, 3.63) is 42.0 Å². The van der Waals surface area contributed by atoms with Crippen LogP contribution in [0.15, 0.2) is 36.4 Å². The van der Waals surface area contributed by atoms with Gasteiger partial charge in [-0.15, -0.1) is 0 Å². The summed E-state index contributed by atoms with van der Waals surface area (Å²) in [6.45, 7) is 3.22. The van der Waals surface area contributed by atoms with Crippen LogP contribution in [0, 0.1) is 23.2 Å². The minimum Gasteiger partial charge on any atom is -0.490 e. The normalized spacial score (nSPS) is 27.8. The maximum atomic E-state index is 11.4. The fraction of sp³-hybridized carbons (Fsp3) is 0.645. The number of rotatable bonds is 6. The first kappa shape index (κ1) is 23.3. The Kier molecular flexibility index (Phi) is 6.51. The number of hydrogen-bond donors (Lipinski definition) is 1. The van der Waals surface area contributed by atoms with Crippen molar-refractivity contribution in [2.45, 2.75) is 89.7 Å². The van der Waals surface area contributed by atoms with E-state index in [0.717, 1.165) is 44.6 Å². The Morgan fingerprint density at radius 1 is 0.886 bits per heavy atom. The molecule has 3 saturated carbocycles. The topological polar surface area (TPSA) is 49.8 Å². The summed E-state index contributed by atoms with van der Waals surface area (Å²) >= 11 is 0. The van der Waals surface area contributed by atoms with Crippen LogP contribution in [-0.4, -0.2) is 35.2 Å². The van der Waals surface area contributed by atoms with Gasteiger partial charge in [-0.05, 0) is 103 Å². The van der Waals surface area contributed by atoms with Gasteiger partial charge in [0.05, 0.1) is 12.0 Å². The van der Waals surface area contributed by atoms with Gasteiger partial charge in [0, 0.05) is 19.6 Å².